The first kappa shape index (κ1) is 5.22. The second kappa shape index (κ2) is 1.70. The lowest BCUT2D eigenvalue weighted by Gasteiger charge is -1.77. The van der Waals surface area contributed by atoms with Crippen molar-refractivity contribution in [3.63, 3.8) is 0 Å². The number of aromatic nitrogens is 2. The molecule has 0 fully saturated rings. The van der Waals surface area contributed by atoms with Gasteiger partial charge in [-0.05, 0) is 6.07 Å². The maximum absolute atomic E-state index is 6.96. The van der Waals surface area contributed by atoms with Crippen LogP contribution in [-0.2, 0) is 0 Å². The van der Waals surface area contributed by atoms with Crippen molar-refractivity contribution < 1.29 is 4.52 Å². The van der Waals surface area contributed by atoms with Crippen molar-refractivity contribution in [1.29, 1.82) is 5.41 Å². The van der Waals surface area contributed by atoms with Crippen LogP contribution in [-0.4, -0.2) is 15.8 Å². The molecule has 4 heteroatoms. The number of nitrogens with one attached hydrogen (secondary N) is 1. The van der Waals surface area contributed by atoms with Gasteiger partial charge in [0.2, 0.25) is 6.39 Å². The molecule has 0 saturated heterocycles. The summed E-state index contributed by atoms with van der Waals surface area (Å²) in [6.45, 7) is 0. The van der Waals surface area contributed by atoms with E-state index in [2.05, 4.69) is 4.98 Å². The molecule has 2 heterocycles. The van der Waals surface area contributed by atoms with Gasteiger partial charge < -0.3 is 9.93 Å². The third-order valence-corrected chi connectivity index (χ3v) is 1.35. The molecule has 0 aliphatic heterocycles. The van der Waals surface area contributed by atoms with Gasteiger partial charge in [-0.15, -0.1) is 0 Å². The monoisotopic (exact) mass is 135 g/mol. The summed E-state index contributed by atoms with van der Waals surface area (Å²) < 4.78 is 6.42. The van der Waals surface area contributed by atoms with Crippen molar-refractivity contribution in [3.8, 4) is 0 Å². The van der Waals surface area contributed by atoms with Crippen molar-refractivity contribution in [2.75, 3.05) is 0 Å². The quantitative estimate of drug-likeness (QED) is 0.591. The average Bonchev–Trinajstić information content (AvgIpc) is 2.44. The average molecular weight is 135 g/mol. The summed E-state index contributed by atoms with van der Waals surface area (Å²) in [4.78, 5) is 3.89. The molecule has 2 aromatic rings. The van der Waals surface area contributed by atoms with Gasteiger partial charge in [-0.3, -0.25) is 0 Å². The Balaban J connectivity index is 2.88. The first-order valence-corrected chi connectivity index (χ1v) is 2.83. The van der Waals surface area contributed by atoms with Gasteiger partial charge in [-0.25, -0.2) is 0 Å². The van der Waals surface area contributed by atoms with Gasteiger partial charge in [-0.2, -0.15) is 9.56 Å². The summed E-state index contributed by atoms with van der Waals surface area (Å²) >= 11 is 0. The zero-order chi connectivity index (χ0) is 6.97. The van der Waals surface area contributed by atoms with Gasteiger partial charge in [0.15, 0.2) is 5.65 Å². The van der Waals surface area contributed by atoms with Gasteiger partial charge in [-0.1, -0.05) is 0 Å². The normalized spacial score (nSPS) is 10.4. The molecule has 4 nitrogen and oxygen atoms in total. The van der Waals surface area contributed by atoms with Gasteiger partial charge in [0.1, 0.15) is 0 Å². The number of nitrogens with zero attached hydrogens (tertiary/aromatic N) is 2. The van der Waals surface area contributed by atoms with E-state index in [0.717, 1.165) is 5.56 Å². The molecule has 1 N–H and O–H groups in total. The highest BCUT2D eigenvalue weighted by molar-refractivity contribution is 5.85. The Kier molecular flexibility index (Phi) is 0.887. The fraction of sp³-hybridized carbons (Fsp3) is 0. The van der Waals surface area contributed by atoms with Crippen LogP contribution in [0.5, 0.6) is 0 Å². The highest BCUT2D eigenvalue weighted by Crippen LogP contribution is 2.06. The van der Waals surface area contributed by atoms with Crippen molar-refractivity contribution in [2.45, 2.75) is 0 Å². The lowest BCUT2D eigenvalue weighted by Crippen LogP contribution is -1.76. The summed E-state index contributed by atoms with van der Waals surface area (Å²) in [5.41, 5.74) is 1.46. The predicted octanol–water partition coefficient (Wildman–Crippen LogP) is 0.925. The van der Waals surface area contributed by atoms with E-state index >= 15 is 0 Å². The summed E-state index contributed by atoms with van der Waals surface area (Å²) in [7, 11) is 0. The molecule has 0 aliphatic carbocycles. The first-order chi connectivity index (χ1) is 4.92. The number of fused-ring (bicyclic) bond motifs is 1. The van der Waals surface area contributed by atoms with Crippen LogP contribution in [0.15, 0.2) is 23.2 Å². The minimum atomic E-state index is 0.690. The zero-order valence-corrected chi connectivity index (χ0v) is 5.11. The van der Waals surface area contributed by atoms with E-state index in [1.165, 1.54) is 17.2 Å². The molecule has 50 valence electrons. The molecule has 2 aromatic heterocycles. The maximum Gasteiger partial charge on any atom is 0.211 e. The largest absolute Gasteiger partial charge is 0.361 e. The van der Waals surface area contributed by atoms with Crippen LogP contribution < -0.4 is 0 Å². The Bertz CT molecular complexity index is 360. The fourth-order valence-corrected chi connectivity index (χ4v) is 0.874. The number of hydrogen-bond donors (Lipinski definition) is 1. The van der Waals surface area contributed by atoms with Crippen molar-refractivity contribution in [3.05, 3.63) is 24.2 Å². The van der Waals surface area contributed by atoms with Crippen molar-refractivity contribution >= 4 is 11.9 Å². The zero-order valence-electron chi connectivity index (χ0n) is 5.11. The minimum Gasteiger partial charge on any atom is -0.361 e. The molecular formula is C6H5N3O. The van der Waals surface area contributed by atoms with E-state index in [9.17, 15) is 0 Å². The van der Waals surface area contributed by atoms with E-state index in [1.807, 2.05) is 0 Å². The Morgan fingerprint density at radius 2 is 2.60 bits per heavy atom. The predicted molar refractivity (Wildman–Crippen MR) is 35.3 cm³/mol. The molecule has 0 bridgehead atoms. The maximum atomic E-state index is 6.96. The van der Waals surface area contributed by atoms with E-state index in [4.69, 9.17) is 9.93 Å². The first-order valence-electron chi connectivity index (χ1n) is 2.83. The van der Waals surface area contributed by atoms with Crippen molar-refractivity contribution in [2.24, 2.45) is 0 Å². The van der Waals surface area contributed by atoms with Gasteiger partial charge in [0.25, 0.3) is 0 Å². The topological polar surface area (TPSA) is 54.3 Å². The Morgan fingerprint density at radius 3 is 3.40 bits per heavy atom. The fourth-order valence-electron chi connectivity index (χ4n) is 0.874. The lowest BCUT2D eigenvalue weighted by atomic mass is 10.4. The molecule has 2 rings (SSSR count). The summed E-state index contributed by atoms with van der Waals surface area (Å²) in [5, 5.41) is 6.96. The van der Waals surface area contributed by atoms with Crippen LogP contribution in [0.4, 0.5) is 0 Å². The highest BCUT2D eigenvalue weighted by atomic mass is 16.5. The molecule has 0 aromatic carbocycles. The summed E-state index contributed by atoms with van der Waals surface area (Å²) in [6.07, 6.45) is 4.32. The van der Waals surface area contributed by atoms with Crippen LogP contribution in [0.25, 0.3) is 5.65 Å². The molecule has 10 heavy (non-hydrogen) atoms. The van der Waals surface area contributed by atoms with Crippen molar-refractivity contribution in [1.82, 2.24) is 9.56 Å². The van der Waals surface area contributed by atoms with Crippen LogP contribution in [0.1, 0.15) is 5.56 Å². The standard InChI is InChI=1S/C6H5N3O/c7-3-5-1-2-9-6(5)8-4-10-9/h1-4,7H. The second-order valence-electron chi connectivity index (χ2n) is 1.90. The molecule has 0 atom stereocenters. The molecule has 0 unspecified atom stereocenters. The summed E-state index contributed by atoms with van der Waals surface area (Å²) in [5.74, 6) is 0. The number of hydrogen-bond acceptors (Lipinski definition) is 3. The molecular weight excluding hydrogens is 130 g/mol. The Labute approximate surface area is 56.6 Å². The van der Waals surface area contributed by atoms with Crippen LogP contribution >= 0.6 is 0 Å². The molecule has 0 radical (unpaired) electrons. The van der Waals surface area contributed by atoms with E-state index in [0.29, 0.717) is 5.65 Å². The van der Waals surface area contributed by atoms with Gasteiger partial charge in [0, 0.05) is 18.0 Å². The third-order valence-electron chi connectivity index (χ3n) is 1.35. The number of rotatable bonds is 1. The molecule has 0 aliphatic rings. The summed E-state index contributed by atoms with van der Waals surface area (Å²) in [6, 6.07) is 1.78. The van der Waals surface area contributed by atoms with Crippen LogP contribution in [0.2, 0.25) is 0 Å². The van der Waals surface area contributed by atoms with E-state index < -0.39 is 0 Å². The Hall–Kier alpha value is -1.58. The molecule has 0 amide bonds. The van der Waals surface area contributed by atoms with Gasteiger partial charge >= 0.3 is 0 Å². The van der Waals surface area contributed by atoms with E-state index in [-0.39, 0.29) is 0 Å². The van der Waals surface area contributed by atoms with E-state index in [1.54, 1.807) is 12.3 Å². The Morgan fingerprint density at radius 1 is 1.70 bits per heavy atom. The highest BCUT2D eigenvalue weighted by Gasteiger charge is 2.00. The molecule has 0 saturated carbocycles. The SMILES string of the molecule is N=Cc1ccn2ocnc12. The second-order valence-corrected chi connectivity index (χ2v) is 1.90. The minimum absolute atomic E-state index is 0.690. The smallest absolute Gasteiger partial charge is 0.211 e. The van der Waals surface area contributed by atoms with Crippen LogP contribution in [0, 0.1) is 5.41 Å². The molecule has 0 spiro atoms. The third kappa shape index (κ3) is 0.500. The van der Waals surface area contributed by atoms with Crippen LogP contribution in [0.3, 0.4) is 0 Å². The lowest BCUT2D eigenvalue weighted by molar-refractivity contribution is 0.374. The van der Waals surface area contributed by atoms with Gasteiger partial charge in [0.05, 0.1) is 0 Å².